The third-order valence-corrected chi connectivity index (χ3v) is 4.37. The summed E-state index contributed by atoms with van der Waals surface area (Å²) in [5, 5.41) is 4.95. The molecular formula is C14H15BrFN3OS. The van der Waals surface area contributed by atoms with E-state index < -0.39 is 5.82 Å². The van der Waals surface area contributed by atoms with Crippen LogP contribution in [0.1, 0.15) is 22.8 Å². The number of nitrogens with zero attached hydrogens (tertiary/aromatic N) is 2. The van der Waals surface area contributed by atoms with Crippen molar-refractivity contribution in [2.75, 3.05) is 18.9 Å². The largest absolute Gasteiger partial charge is 0.370 e. The van der Waals surface area contributed by atoms with Crippen molar-refractivity contribution in [2.24, 2.45) is 0 Å². The first-order valence-electron chi connectivity index (χ1n) is 6.39. The van der Waals surface area contributed by atoms with Gasteiger partial charge in [-0.15, -0.1) is 11.3 Å². The van der Waals surface area contributed by atoms with E-state index in [1.807, 2.05) is 18.4 Å². The number of hydrogen-bond donors (Lipinski definition) is 1. The fourth-order valence-electron chi connectivity index (χ4n) is 1.89. The number of aromatic nitrogens is 1. The topological polar surface area (TPSA) is 45.2 Å². The number of amides is 1. The predicted molar refractivity (Wildman–Crippen MR) is 86.2 cm³/mol. The van der Waals surface area contributed by atoms with Crippen molar-refractivity contribution in [3.63, 3.8) is 0 Å². The monoisotopic (exact) mass is 371 g/mol. The highest BCUT2D eigenvalue weighted by Gasteiger charge is 2.18. The SMILES string of the molecule is CCNc1ncc(F)cc1C(=O)N(C)Cc1csc(Br)c1. The molecule has 21 heavy (non-hydrogen) atoms. The van der Waals surface area contributed by atoms with Crippen LogP contribution < -0.4 is 5.32 Å². The Morgan fingerprint density at radius 1 is 1.52 bits per heavy atom. The van der Waals surface area contributed by atoms with E-state index >= 15 is 0 Å². The molecule has 0 saturated heterocycles. The molecule has 2 aromatic rings. The maximum Gasteiger partial charge on any atom is 0.257 e. The molecule has 0 saturated carbocycles. The fraction of sp³-hybridized carbons (Fsp3) is 0.286. The molecule has 2 aromatic heterocycles. The van der Waals surface area contributed by atoms with Gasteiger partial charge in [-0.3, -0.25) is 4.79 Å². The molecule has 0 radical (unpaired) electrons. The summed E-state index contributed by atoms with van der Waals surface area (Å²) in [5.74, 6) is -0.380. The lowest BCUT2D eigenvalue weighted by atomic mass is 10.2. The van der Waals surface area contributed by atoms with Gasteiger partial charge in [0.15, 0.2) is 0 Å². The first-order chi connectivity index (χ1) is 10.0. The zero-order valence-corrected chi connectivity index (χ0v) is 14.1. The second kappa shape index (κ2) is 7.00. The van der Waals surface area contributed by atoms with Gasteiger partial charge in [0.25, 0.3) is 5.91 Å². The van der Waals surface area contributed by atoms with Crippen LogP contribution in [0.3, 0.4) is 0 Å². The van der Waals surface area contributed by atoms with E-state index in [1.54, 1.807) is 23.3 Å². The Morgan fingerprint density at radius 2 is 2.29 bits per heavy atom. The molecule has 0 aromatic carbocycles. The normalized spacial score (nSPS) is 10.5. The number of rotatable bonds is 5. The zero-order chi connectivity index (χ0) is 15.4. The summed E-state index contributed by atoms with van der Waals surface area (Å²) in [6.07, 6.45) is 1.10. The summed E-state index contributed by atoms with van der Waals surface area (Å²) in [6.45, 7) is 2.97. The highest BCUT2D eigenvalue weighted by atomic mass is 79.9. The van der Waals surface area contributed by atoms with Crippen LogP contribution in [-0.4, -0.2) is 29.4 Å². The second-order valence-corrected chi connectivity index (χ2v) is 6.79. The molecule has 0 fully saturated rings. The van der Waals surface area contributed by atoms with Gasteiger partial charge < -0.3 is 10.2 Å². The van der Waals surface area contributed by atoms with Crippen molar-refractivity contribution in [1.29, 1.82) is 0 Å². The van der Waals surface area contributed by atoms with Crippen LogP contribution >= 0.6 is 27.3 Å². The van der Waals surface area contributed by atoms with Gasteiger partial charge >= 0.3 is 0 Å². The number of nitrogens with one attached hydrogen (secondary N) is 1. The zero-order valence-electron chi connectivity index (χ0n) is 11.7. The second-order valence-electron chi connectivity index (χ2n) is 4.50. The van der Waals surface area contributed by atoms with Gasteiger partial charge in [0.1, 0.15) is 11.6 Å². The van der Waals surface area contributed by atoms with Crippen LogP contribution in [0, 0.1) is 5.82 Å². The van der Waals surface area contributed by atoms with Gasteiger partial charge in [-0.1, -0.05) is 0 Å². The highest BCUT2D eigenvalue weighted by Crippen LogP contribution is 2.22. The molecule has 0 unspecified atom stereocenters. The lowest BCUT2D eigenvalue weighted by Gasteiger charge is -2.18. The number of carbonyl (C=O) groups is 1. The van der Waals surface area contributed by atoms with Crippen molar-refractivity contribution in [2.45, 2.75) is 13.5 Å². The molecule has 0 bridgehead atoms. The third kappa shape index (κ3) is 4.01. The molecule has 0 aliphatic heterocycles. The Balaban J connectivity index is 2.20. The first kappa shape index (κ1) is 15.9. The van der Waals surface area contributed by atoms with Gasteiger partial charge in [0, 0.05) is 20.1 Å². The molecule has 0 spiro atoms. The Bertz CT molecular complexity index is 647. The number of thiophene rings is 1. The van der Waals surface area contributed by atoms with Crippen LogP contribution in [0.25, 0.3) is 0 Å². The van der Waals surface area contributed by atoms with E-state index in [0.717, 1.165) is 15.5 Å². The summed E-state index contributed by atoms with van der Waals surface area (Å²) >= 11 is 4.95. The van der Waals surface area contributed by atoms with Gasteiger partial charge in [0.05, 0.1) is 15.5 Å². The van der Waals surface area contributed by atoms with Crippen molar-refractivity contribution in [3.8, 4) is 0 Å². The summed E-state index contributed by atoms with van der Waals surface area (Å²) in [7, 11) is 1.69. The van der Waals surface area contributed by atoms with E-state index in [2.05, 4.69) is 26.2 Å². The molecule has 4 nitrogen and oxygen atoms in total. The number of halogens is 2. The Hall–Kier alpha value is -1.47. The first-order valence-corrected chi connectivity index (χ1v) is 8.06. The number of carbonyl (C=O) groups excluding carboxylic acids is 1. The van der Waals surface area contributed by atoms with Gasteiger partial charge in [-0.2, -0.15) is 0 Å². The highest BCUT2D eigenvalue weighted by molar-refractivity contribution is 9.11. The van der Waals surface area contributed by atoms with E-state index in [4.69, 9.17) is 0 Å². The van der Waals surface area contributed by atoms with E-state index in [-0.39, 0.29) is 11.5 Å². The minimum Gasteiger partial charge on any atom is -0.370 e. The van der Waals surface area contributed by atoms with Gasteiger partial charge in [0.2, 0.25) is 0 Å². The molecule has 1 amide bonds. The van der Waals surface area contributed by atoms with Crippen molar-refractivity contribution < 1.29 is 9.18 Å². The summed E-state index contributed by atoms with van der Waals surface area (Å²) < 4.78 is 14.4. The molecule has 0 aliphatic carbocycles. The van der Waals surface area contributed by atoms with Gasteiger partial charge in [-0.25, -0.2) is 9.37 Å². The van der Waals surface area contributed by atoms with Crippen molar-refractivity contribution in [1.82, 2.24) is 9.88 Å². The Kier molecular flexibility index (Phi) is 5.30. The smallest absolute Gasteiger partial charge is 0.257 e. The minimum absolute atomic E-state index is 0.244. The summed E-state index contributed by atoms with van der Waals surface area (Å²) in [5.41, 5.74) is 1.27. The van der Waals surface area contributed by atoms with E-state index in [9.17, 15) is 9.18 Å². The molecule has 0 atom stereocenters. The quantitative estimate of drug-likeness (QED) is 0.870. The maximum atomic E-state index is 13.4. The van der Waals surface area contributed by atoms with E-state index in [1.165, 1.54) is 6.07 Å². The van der Waals surface area contributed by atoms with Crippen LogP contribution in [-0.2, 0) is 6.54 Å². The Labute approximate surface area is 135 Å². The summed E-state index contributed by atoms with van der Waals surface area (Å²) in [4.78, 5) is 18.0. The molecule has 7 heteroatoms. The van der Waals surface area contributed by atoms with E-state index in [0.29, 0.717) is 18.9 Å². The van der Waals surface area contributed by atoms with Crippen LogP contribution in [0.15, 0.2) is 27.5 Å². The Morgan fingerprint density at radius 3 is 2.90 bits per heavy atom. The average Bonchev–Trinajstić information content (AvgIpc) is 2.85. The molecule has 2 heterocycles. The number of pyridine rings is 1. The lowest BCUT2D eigenvalue weighted by Crippen LogP contribution is -2.27. The van der Waals surface area contributed by atoms with Crippen molar-refractivity contribution in [3.05, 3.63) is 44.4 Å². The standard InChI is InChI=1S/C14H15BrFN3OS/c1-3-17-13-11(5-10(16)6-18-13)14(20)19(2)7-9-4-12(15)21-8-9/h4-6,8H,3,7H2,1-2H3,(H,17,18). The van der Waals surface area contributed by atoms with Crippen LogP contribution in [0.5, 0.6) is 0 Å². The third-order valence-electron chi connectivity index (χ3n) is 2.82. The average molecular weight is 372 g/mol. The lowest BCUT2D eigenvalue weighted by molar-refractivity contribution is 0.0785. The number of anilines is 1. The molecular weight excluding hydrogens is 357 g/mol. The predicted octanol–water partition coefficient (Wildman–Crippen LogP) is 3.75. The van der Waals surface area contributed by atoms with Crippen LogP contribution in [0.4, 0.5) is 10.2 Å². The van der Waals surface area contributed by atoms with Gasteiger partial charge in [-0.05, 0) is 45.9 Å². The van der Waals surface area contributed by atoms with Crippen molar-refractivity contribution >= 4 is 39.0 Å². The molecule has 1 N–H and O–H groups in total. The maximum absolute atomic E-state index is 13.4. The molecule has 2 rings (SSSR count). The number of hydrogen-bond acceptors (Lipinski definition) is 4. The fourth-order valence-corrected chi connectivity index (χ4v) is 3.09. The minimum atomic E-state index is -0.522. The molecule has 112 valence electrons. The van der Waals surface area contributed by atoms with Crippen LogP contribution in [0.2, 0.25) is 0 Å². The molecule has 0 aliphatic rings. The summed E-state index contributed by atoms with van der Waals surface area (Å²) in [6, 6.07) is 3.18.